The summed E-state index contributed by atoms with van der Waals surface area (Å²) < 4.78 is 31.4. The number of hydrogen-bond donors (Lipinski definition) is 0. The lowest BCUT2D eigenvalue weighted by atomic mass is 9.76. The molecule has 0 atom stereocenters. The largest absolute Gasteiger partial charge is 0.370 e. The Kier molecular flexibility index (Phi) is 4.53. The Balaban J connectivity index is 1.85. The first-order valence-corrected chi connectivity index (χ1v) is 6.97. The van der Waals surface area contributed by atoms with Gasteiger partial charge in [0, 0.05) is 5.56 Å². The van der Waals surface area contributed by atoms with Gasteiger partial charge in [-0.3, -0.25) is 4.79 Å². The maximum atomic E-state index is 13.1. The van der Waals surface area contributed by atoms with Gasteiger partial charge in [-0.2, -0.15) is 0 Å². The Bertz CT molecular complexity index is 487. The van der Waals surface area contributed by atoms with E-state index in [1.165, 1.54) is 6.07 Å². The molecule has 0 saturated heterocycles. The van der Waals surface area contributed by atoms with Gasteiger partial charge < -0.3 is 4.74 Å². The number of carbonyl (C=O) groups is 1. The fraction of sp³-hybridized carbons (Fsp3) is 0.562. The molecular weight excluding hydrogens is 262 g/mol. The van der Waals surface area contributed by atoms with Crippen LogP contribution in [-0.4, -0.2) is 18.5 Å². The third-order valence-electron chi connectivity index (χ3n) is 3.98. The first-order valence-electron chi connectivity index (χ1n) is 6.97. The minimum Gasteiger partial charge on any atom is -0.370 e. The predicted octanol–water partition coefficient (Wildman–Crippen LogP) is 4.13. The Morgan fingerprint density at radius 3 is 2.50 bits per heavy atom. The smallest absolute Gasteiger partial charge is 0.188 e. The third-order valence-corrected chi connectivity index (χ3v) is 3.98. The number of carbonyl (C=O) groups excluding carboxylic acids is 1. The summed E-state index contributed by atoms with van der Waals surface area (Å²) >= 11 is 0. The van der Waals surface area contributed by atoms with Crippen molar-refractivity contribution in [1.82, 2.24) is 0 Å². The summed E-state index contributed by atoms with van der Waals surface area (Å²) in [5.41, 5.74) is 0.504. The molecule has 2 nitrogen and oxygen atoms in total. The summed E-state index contributed by atoms with van der Waals surface area (Å²) in [5.74, 6) is -2.26. The molecule has 0 radical (unpaired) electrons. The number of benzene rings is 1. The van der Waals surface area contributed by atoms with Gasteiger partial charge in [0.05, 0.1) is 6.10 Å². The molecule has 20 heavy (non-hydrogen) atoms. The molecule has 1 aromatic carbocycles. The van der Waals surface area contributed by atoms with E-state index in [-0.39, 0.29) is 24.1 Å². The molecule has 0 N–H and O–H groups in total. The number of ketones is 1. The highest BCUT2D eigenvalue weighted by Crippen LogP contribution is 2.36. The van der Waals surface area contributed by atoms with Crippen LogP contribution in [0.25, 0.3) is 0 Å². The molecule has 1 aliphatic rings. The number of ether oxygens (including phenoxy) is 1. The monoisotopic (exact) mass is 282 g/mol. The van der Waals surface area contributed by atoms with Crippen molar-refractivity contribution < 1.29 is 18.3 Å². The number of hydrogen-bond acceptors (Lipinski definition) is 2. The summed E-state index contributed by atoms with van der Waals surface area (Å²) in [5, 5.41) is 0. The van der Waals surface area contributed by atoms with Crippen LogP contribution in [0.3, 0.4) is 0 Å². The summed E-state index contributed by atoms with van der Waals surface area (Å²) in [6, 6.07) is 3.17. The van der Waals surface area contributed by atoms with E-state index in [0.29, 0.717) is 5.41 Å². The van der Waals surface area contributed by atoms with Gasteiger partial charge in [0.25, 0.3) is 0 Å². The van der Waals surface area contributed by atoms with Crippen LogP contribution in [0.1, 0.15) is 49.9 Å². The summed E-state index contributed by atoms with van der Waals surface area (Å²) in [4.78, 5) is 11.9. The van der Waals surface area contributed by atoms with Crippen molar-refractivity contribution in [2.45, 2.75) is 45.6 Å². The maximum Gasteiger partial charge on any atom is 0.188 e. The minimum atomic E-state index is -1.00. The van der Waals surface area contributed by atoms with E-state index in [9.17, 15) is 13.6 Å². The summed E-state index contributed by atoms with van der Waals surface area (Å²) in [6.45, 7) is 4.39. The van der Waals surface area contributed by atoms with Crippen LogP contribution in [0.15, 0.2) is 18.2 Å². The number of rotatable bonds is 4. The molecule has 4 heteroatoms. The average molecular weight is 282 g/mol. The van der Waals surface area contributed by atoms with Gasteiger partial charge in [0.2, 0.25) is 0 Å². The van der Waals surface area contributed by atoms with E-state index in [0.717, 1.165) is 37.8 Å². The van der Waals surface area contributed by atoms with Crippen LogP contribution < -0.4 is 0 Å². The molecule has 1 fully saturated rings. The zero-order chi connectivity index (χ0) is 14.8. The quantitative estimate of drug-likeness (QED) is 0.776. The fourth-order valence-electron chi connectivity index (χ4n) is 2.49. The van der Waals surface area contributed by atoms with Crippen molar-refractivity contribution in [3.8, 4) is 0 Å². The van der Waals surface area contributed by atoms with Crippen LogP contribution in [0, 0.1) is 17.0 Å². The second kappa shape index (κ2) is 6.00. The van der Waals surface area contributed by atoms with Gasteiger partial charge in [-0.25, -0.2) is 8.78 Å². The molecule has 0 spiro atoms. The molecule has 2 rings (SSSR count). The van der Waals surface area contributed by atoms with Crippen molar-refractivity contribution in [3.63, 3.8) is 0 Å². The predicted molar refractivity (Wildman–Crippen MR) is 72.7 cm³/mol. The zero-order valence-corrected chi connectivity index (χ0v) is 11.9. The van der Waals surface area contributed by atoms with Crippen molar-refractivity contribution >= 4 is 5.78 Å². The molecule has 1 saturated carbocycles. The van der Waals surface area contributed by atoms with E-state index in [4.69, 9.17) is 4.74 Å². The first-order chi connectivity index (χ1) is 9.37. The Morgan fingerprint density at radius 1 is 1.25 bits per heavy atom. The van der Waals surface area contributed by atoms with E-state index in [1.54, 1.807) is 0 Å². The highest BCUT2D eigenvalue weighted by Gasteiger charge is 2.27. The highest BCUT2D eigenvalue weighted by molar-refractivity contribution is 5.97. The van der Waals surface area contributed by atoms with Crippen LogP contribution in [0.4, 0.5) is 8.78 Å². The molecule has 0 aliphatic heterocycles. The van der Waals surface area contributed by atoms with Gasteiger partial charge in [0.15, 0.2) is 17.4 Å². The van der Waals surface area contributed by atoms with Gasteiger partial charge in [-0.05, 0) is 49.3 Å². The molecule has 0 unspecified atom stereocenters. The van der Waals surface area contributed by atoms with Gasteiger partial charge in [-0.15, -0.1) is 0 Å². The van der Waals surface area contributed by atoms with Crippen LogP contribution >= 0.6 is 0 Å². The molecule has 0 bridgehead atoms. The highest BCUT2D eigenvalue weighted by atomic mass is 19.2. The second-order valence-electron chi connectivity index (χ2n) is 6.23. The topological polar surface area (TPSA) is 26.3 Å². The second-order valence-corrected chi connectivity index (χ2v) is 6.23. The van der Waals surface area contributed by atoms with Crippen molar-refractivity contribution in [2.75, 3.05) is 6.61 Å². The first kappa shape index (κ1) is 15.1. The molecule has 0 aromatic heterocycles. The molecule has 1 aromatic rings. The molecule has 1 aliphatic carbocycles. The van der Waals surface area contributed by atoms with Crippen LogP contribution in [0.5, 0.6) is 0 Å². The van der Waals surface area contributed by atoms with Crippen LogP contribution in [-0.2, 0) is 4.74 Å². The summed E-state index contributed by atoms with van der Waals surface area (Å²) in [6.07, 6.45) is 4.14. The van der Waals surface area contributed by atoms with Gasteiger partial charge >= 0.3 is 0 Å². The zero-order valence-electron chi connectivity index (χ0n) is 11.9. The van der Waals surface area contributed by atoms with Gasteiger partial charge in [0.1, 0.15) is 6.61 Å². The van der Waals surface area contributed by atoms with Crippen molar-refractivity contribution in [3.05, 3.63) is 35.4 Å². The van der Waals surface area contributed by atoms with E-state index in [2.05, 4.69) is 13.8 Å². The average Bonchev–Trinajstić information content (AvgIpc) is 2.40. The number of Topliss-reactive ketones (excluding diaryl/α,β-unsaturated/α-hetero) is 1. The van der Waals surface area contributed by atoms with Crippen molar-refractivity contribution in [1.29, 1.82) is 0 Å². The fourth-order valence-corrected chi connectivity index (χ4v) is 2.49. The van der Waals surface area contributed by atoms with E-state index >= 15 is 0 Å². The normalized spacial score (nSPS) is 19.0. The lowest BCUT2D eigenvalue weighted by Gasteiger charge is -2.34. The Labute approximate surface area is 118 Å². The minimum absolute atomic E-state index is 0.0732. The van der Waals surface area contributed by atoms with Crippen LogP contribution in [0.2, 0.25) is 0 Å². The lowest BCUT2D eigenvalue weighted by molar-refractivity contribution is 0.00861. The Morgan fingerprint density at radius 2 is 1.90 bits per heavy atom. The molecule has 0 heterocycles. The Hall–Kier alpha value is -1.29. The van der Waals surface area contributed by atoms with Crippen molar-refractivity contribution in [2.24, 2.45) is 5.41 Å². The van der Waals surface area contributed by atoms with E-state index in [1.807, 2.05) is 0 Å². The summed E-state index contributed by atoms with van der Waals surface area (Å²) in [7, 11) is 0. The SMILES string of the molecule is CC1(C)CCC(OCC(=O)c2ccc(F)c(F)c2)CC1. The molecule has 110 valence electrons. The number of halogens is 2. The van der Waals surface area contributed by atoms with E-state index < -0.39 is 11.6 Å². The maximum absolute atomic E-state index is 13.1. The molecule has 0 amide bonds. The standard InChI is InChI=1S/C16H20F2O2/c1-16(2)7-5-12(6-8-16)20-10-15(19)11-3-4-13(17)14(18)9-11/h3-4,9,12H,5-8,10H2,1-2H3. The molecular formula is C16H20F2O2. The lowest BCUT2D eigenvalue weighted by Crippen LogP contribution is -2.28. The van der Waals surface area contributed by atoms with Gasteiger partial charge in [-0.1, -0.05) is 13.8 Å². The third kappa shape index (κ3) is 3.85.